The number of para-hydroxylation sites is 1. The normalized spacial score (nSPS) is 18.0. The van der Waals surface area contributed by atoms with E-state index in [0.717, 1.165) is 28.2 Å². The maximum Gasteiger partial charge on any atom is 0.251 e. The van der Waals surface area contributed by atoms with Crippen LogP contribution in [0, 0.1) is 6.92 Å². The fraction of sp³-hybridized carbons (Fsp3) is 0.235. The zero-order chi connectivity index (χ0) is 15.0. The minimum atomic E-state index is -0.416. The van der Waals surface area contributed by atoms with Crippen LogP contribution in [0.2, 0.25) is 0 Å². The molecule has 0 saturated heterocycles. The van der Waals surface area contributed by atoms with Gasteiger partial charge >= 0.3 is 0 Å². The van der Waals surface area contributed by atoms with Crippen molar-refractivity contribution in [2.45, 2.75) is 19.9 Å². The number of likely N-dealkylation sites (N-methyl/N-ethyl adjacent to an activating group) is 1. The van der Waals surface area contributed by atoms with Crippen LogP contribution >= 0.6 is 0 Å². The first-order valence-corrected chi connectivity index (χ1v) is 6.95. The number of hydrogen-bond donors (Lipinski definition) is 0. The van der Waals surface area contributed by atoms with Gasteiger partial charge in [0.15, 0.2) is 0 Å². The van der Waals surface area contributed by atoms with E-state index in [1.165, 1.54) is 0 Å². The maximum absolute atomic E-state index is 12.3. The van der Waals surface area contributed by atoms with Crippen LogP contribution in [0.5, 0.6) is 0 Å². The molecule has 0 aliphatic carbocycles. The number of anilines is 1. The molecule has 3 rings (SSSR count). The predicted molar refractivity (Wildman–Crippen MR) is 83.9 cm³/mol. The van der Waals surface area contributed by atoms with E-state index in [4.69, 9.17) is 0 Å². The summed E-state index contributed by atoms with van der Waals surface area (Å²) in [6.45, 7) is 3.82. The Morgan fingerprint density at radius 3 is 2.62 bits per heavy atom. The minimum Gasteiger partial charge on any atom is -0.313 e. The van der Waals surface area contributed by atoms with E-state index in [2.05, 4.69) is 9.98 Å². The predicted octanol–water partition coefficient (Wildman–Crippen LogP) is 2.59. The Hall–Kier alpha value is -2.49. The Bertz CT molecular complexity index is 719. The average molecular weight is 279 g/mol. The van der Waals surface area contributed by atoms with Crippen LogP contribution in [0.15, 0.2) is 47.6 Å². The third-order valence-electron chi connectivity index (χ3n) is 3.69. The lowest BCUT2D eigenvalue weighted by molar-refractivity contribution is -0.119. The van der Waals surface area contributed by atoms with E-state index in [1.807, 2.05) is 56.4 Å². The van der Waals surface area contributed by atoms with Crippen LogP contribution in [0.1, 0.15) is 23.7 Å². The monoisotopic (exact) mass is 279 g/mol. The molecule has 0 fully saturated rings. The van der Waals surface area contributed by atoms with E-state index in [-0.39, 0.29) is 5.91 Å². The van der Waals surface area contributed by atoms with Crippen molar-refractivity contribution in [3.05, 3.63) is 59.4 Å². The Morgan fingerprint density at radius 2 is 1.90 bits per heavy atom. The van der Waals surface area contributed by atoms with Crippen LogP contribution in [-0.4, -0.2) is 29.7 Å². The zero-order valence-corrected chi connectivity index (χ0v) is 12.4. The molecular formula is C17H17N3O. The highest BCUT2D eigenvalue weighted by atomic mass is 16.2. The molecule has 0 saturated carbocycles. The second-order valence-corrected chi connectivity index (χ2v) is 5.29. The number of hydrogen-bond acceptors (Lipinski definition) is 3. The summed E-state index contributed by atoms with van der Waals surface area (Å²) in [6.07, 6.45) is 1.82. The fourth-order valence-corrected chi connectivity index (χ4v) is 2.50. The van der Waals surface area contributed by atoms with Gasteiger partial charge in [0.2, 0.25) is 0 Å². The molecule has 0 radical (unpaired) electrons. The molecule has 106 valence electrons. The average Bonchev–Trinajstić information content (AvgIpc) is 2.60. The van der Waals surface area contributed by atoms with Gasteiger partial charge in [0.05, 0.1) is 17.1 Å². The topological polar surface area (TPSA) is 45.6 Å². The molecule has 0 bridgehead atoms. The number of carbonyl (C=O) groups is 1. The first-order valence-electron chi connectivity index (χ1n) is 6.95. The van der Waals surface area contributed by atoms with Gasteiger partial charge in [-0.25, -0.2) is 0 Å². The first-order chi connectivity index (χ1) is 10.1. The van der Waals surface area contributed by atoms with Crippen molar-refractivity contribution in [1.82, 2.24) is 4.98 Å². The van der Waals surface area contributed by atoms with Gasteiger partial charge in [0, 0.05) is 18.8 Å². The largest absolute Gasteiger partial charge is 0.313 e. The molecule has 21 heavy (non-hydrogen) atoms. The number of benzene rings is 1. The van der Waals surface area contributed by atoms with Crippen molar-refractivity contribution in [3.63, 3.8) is 0 Å². The number of aromatic nitrogens is 1. The molecule has 1 aliphatic heterocycles. The number of rotatable bonds is 1. The summed E-state index contributed by atoms with van der Waals surface area (Å²) in [5.74, 6) is -0.00967. The summed E-state index contributed by atoms with van der Waals surface area (Å²) in [5, 5.41) is 0. The van der Waals surface area contributed by atoms with Crippen LogP contribution in [0.3, 0.4) is 0 Å². The van der Waals surface area contributed by atoms with E-state index in [0.29, 0.717) is 0 Å². The lowest BCUT2D eigenvalue weighted by atomic mass is 10.0. The van der Waals surface area contributed by atoms with Gasteiger partial charge in [-0.15, -0.1) is 0 Å². The highest BCUT2D eigenvalue weighted by molar-refractivity contribution is 6.19. The van der Waals surface area contributed by atoms with Crippen molar-refractivity contribution in [1.29, 1.82) is 0 Å². The summed E-state index contributed by atoms with van der Waals surface area (Å²) in [5.41, 5.74) is 4.48. The number of pyridine rings is 1. The Kier molecular flexibility index (Phi) is 3.29. The standard InChI is InChI=1S/C17H17N3O/c1-11-8-9-14(18-10-11)16-13-6-4-5-7-15(13)20(3)17(21)12(2)19-16/h4-10,12H,1-3H3. The third-order valence-corrected chi connectivity index (χ3v) is 3.69. The van der Waals surface area contributed by atoms with Crippen LogP contribution in [0.25, 0.3) is 0 Å². The quantitative estimate of drug-likeness (QED) is 0.805. The van der Waals surface area contributed by atoms with E-state index >= 15 is 0 Å². The SMILES string of the molecule is Cc1ccc(C2=NC(C)C(=O)N(C)c3ccccc32)nc1. The minimum absolute atomic E-state index is 0.00967. The number of benzodiazepines with no additional fused rings is 1. The first kappa shape index (κ1) is 13.5. The third kappa shape index (κ3) is 2.33. The lowest BCUT2D eigenvalue weighted by Gasteiger charge is -2.18. The molecule has 1 amide bonds. The summed E-state index contributed by atoms with van der Waals surface area (Å²) >= 11 is 0. The van der Waals surface area contributed by atoms with E-state index in [9.17, 15) is 4.79 Å². The molecule has 4 heteroatoms. The molecule has 1 atom stereocenters. The van der Waals surface area contributed by atoms with Crippen LogP contribution in [0.4, 0.5) is 5.69 Å². The van der Waals surface area contributed by atoms with Crippen molar-refractivity contribution < 1.29 is 4.79 Å². The van der Waals surface area contributed by atoms with Crippen molar-refractivity contribution >= 4 is 17.3 Å². The van der Waals surface area contributed by atoms with E-state index < -0.39 is 6.04 Å². The van der Waals surface area contributed by atoms with Gasteiger partial charge in [-0.2, -0.15) is 0 Å². The summed E-state index contributed by atoms with van der Waals surface area (Å²) in [6, 6.07) is 11.4. The Morgan fingerprint density at radius 1 is 1.14 bits per heavy atom. The molecule has 0 N–H and O–H groups in total. The van der Waals surface area contributed by atoms with Crippen molar-refractivity contribution in [3.8, 4) is 0 Å². The van der Waals surface area contributed by atoms with Gasteiger partial charge in [0.1, 0.15) is 6.04 Å². The van der Waals surface area contributed by atoms with Gasteiger partial charge in [0.25, 0.3) is 5.91 Å². The number of carbonyl (C=O) groups excluding carboxylic acids is 1. The number of nitrogens with zero attached hydrogens (tertiary/aromatic N) is 3. The van der Waals surface area contributed by atoms with Gasteiger partial charge in [-0.1, -0.05) is 24.3 Å². The second kappa shape index (κ2) is 5.13. The van der Waals surface area contributed by atoms with Crippen molar-refractivity contribution in [2.75, 3.05) is 11.9 Å². The van der Waals surface area contributed by atoms with Gasteiger partial charge in [-0.3, -0.25) is 14.8 Å². The Balaban J connectivity index is 2.22. The van der Waals surface area contributed by atoms with Crippen molar-refractivity contribution in [2.24, 2.45) is 4.99 Å². The molecule has 1 unspecified atom stereocenters. The fourth-order valence-electron chi connectivity index (χ4n) is 2.50. The highest BCUT2D eigenvalue weighted by Crippen LogP contribution is 2.26. The molecule has 1 aromatic heterocycles. The summed E-state index contributed by atoms with van der Waals surface area (Å²) in [4.78, 5) is 23.1. The lowest BCUT2D eigenvalue weighted by Crippen LogP contribution is -2.32. The Labute approximate surface area is 124 Å². The molecule has 1 aliphatic rings. The summed E-state index contributed by atoms with van der Waals surface area (Å²) in [7, 11) is 1.79. The van der Waals surface area contributed by atoms with Crippen LogP contribution < -0.4 is 4.90 Å². The maximum atomic E-state index is 12.3. The number of fused-ring (bicyclic) bond motifs is 1. The highest BCUT2D eigenvalue weighted by Gasteiger charge is 2.27. The molecule has 2 aromatic rings. The van der Waals surface area contributed by atoms with Gasteiger partial charge in [-0.05, 0) is 31.5 Å². The zero-order valence-electron chi connectivity index (χ0n) is 12.4. The smallest absolute Gasteiger partial charge is 0.251 e. The second-order valence-electron chi connectivity index (χ2n) is 5.29. The summed E-state index contributed by atoms with van der Waals surface area (Å²) < 4.78 is 0. The molecule has 0 spiro atoms. The molecular weight excluding hydrogens is 262 g/mol. The molecule has 2 heterocycles. The van der Waals surface area contributed by atoms with Crippen LogP contribution in [-0.2, 0) is 4.79 Å². The van der Waals surface area contributed by atoms with E-state index in [1.54, 1.807) is 11.9 Å². The van der Waals surface area contributed by atoms with Gasteiger partial charge < -0.3 is 4.90 Å². The number of aryl methyl sites for hydroxylation is 1. The number of aliphatic imine (C=N–C) groups is 1. The number of amides is 1. The molecule has 1 aromatic carbocycles. The molecule has 4 nitrogen and oxygen atoms in total.